The number of aryl methyl sites for hydroxylation is 2. The molecule has 0 bridgehead atoms. The van der Waals surface area contributed by atoms with E-state index in [0.29, 0.717) is 17.1 Å². The van der Waals surface area contributed by atoms with Gasteiger partial charge in [0.25, 0.3) is 0 Å². The van der Waals surface area contributed by atoms with Crippen molar-refractivity contribution in [2.45, 2.75) is 26.7 Å². The van der Waals surface area contributed by atoms with Crippen molar-refractivity contribution in [2.24, 2.45) is 0 Å². The third kappa shape index (κ3) is 4.02. The molecule has 1 heterocycles. The smallest absolute Gasteiger partial charge is 0.305 e. The number of nitrogens with one attached hydrogen (secondary N) is 2. The highest BCUT2D eigenvalue weighted by Crippen LogP contribution is 2.18. The minimum atomic E-state index is -3.47. The lowest BCUT2D eigenvalue weighted by Crippen LogP contribution is -2.18. The molecule has 0 unspecified atom stereocenters. The van der Waals surface area contributed by atoms with Gasteiger partial charge in [-0.05, 0) is 20.3 Å². The molecule has 0 fully saturated rings. The van der Waals surface area contributed by atoms with E-state index in [4.69, 9.17) is 0 Å². The standard InChI is InChI=1S/C10H17N3O4S/c1-7-10(8(2)12-11-7)13-18(15,16)6-4-5-9(14)17-3/h13H,4-6H2,1-3H3,(H,11,12). The number of hydrogen-bond donors (Lipinski definition) is 2. The number of hydrogen-bond acceptors (Lipinski definition) is 5. The van der Waals surface area contributed by atoms with E-state index in [1.165, 1.54) is 7.11 Å². The van der Waals surface area contributed by atoms with Crippen LogP contribution in [0.15, 0.2) is 0 Å². The summed E-state index contributed by atoms with van der Waals surface area (Å²) >= 11 is 0. The van der Waals surface area contributed by atoms with Crippen molar-refractivity contribution in [3.63, 3.8) is 0 Å². The highest BCUT2D eigenvalue weighted by atomic mass is 32.2. The average Bonchev–Trinajstić information content (AvgIpc) is 2.60. The fourth-order valence-electron chi connectivity index (χ4n) is 1.42. The van der Waals surface area contributed by atoms with Crippen molar-refractivity contribution in [1.82, 2.24) is 10.2 Å². The van der Waals surface area contributed by atoms with Gasteiger partial charge in [-0.25, -0.2) is 8.42 Å². The third-order valence-electron chi connectivity index (χ3n) is 2.41. The molecule has 0 aromatic carbocycles. The molecule has 0 aliphatic rings. The molecule has 0 aliphatic carbocycles. The largest absolute Gasteiger partial charge is 0.469 e. The highest BCUT2D eigenvalue weighted by molar-refractivity contribution is 7.92. The molecule has 18 heavy (non-hydrogen) atoms. The molecule has 0 amide bonds. The van der Waals surface area contributed by atoms with Crippen LogP contribution in [0.4, 0.5) is 5.69 Å². The maximum absolute atomic E-state index is 11.8. The van der Waals surface area contributed by atoms with Crippen LogP contribution in [0.5, 0.6) is 0 Å². The lowest BCUT2D eigenvalue weighted by atomic mass is 10.3. The minimum Gasteiger partial charge on any atom is -0.469 e. The summed E-state index contributed by atoms with van der Waals surface area (Å²) in [5.74, 6) is -0.549. The molecule has 0 saturated heterocycles. The predicted octanol–water partition coefficient (Wildman–Crippen LogP) is 0.721. The number of methoxy groups -OCH3 is 1. The van der Waals surface area contributed by atoms with Crippen molar-refractivity contribution in [3.05, 3.63) is 11.4 Å². The van der Waals surface area contributed by atoms with Crippen LogP contribution in [0.1, 0.15) is 24.2 Å². The summed E-state index contributed by atoms with van der Waals surface area (Å²) < 4.78 is 30.4. The Morgan fingerprint density at radius 3 is 2.61 bits per heavy atom. The molecule has 0 aliphatic heterocycles. The maximum Gasteiger partial charge on any atom is 0.305 e. The summed E-state index contributed by atoms with van der Waals surface area (Å²) in [6, 6.07) is 0. The van der Waals surface area contributed by atoms with Gasteiger partial charge in [0, 0.05) is 6.42 Å². The SMILES string of the molecule is COC(=O)CCCS(=O)(=O)Nc1c(C)n[nH]c1C. The van der Waals surface area contributed by atoms with Crippen LogP contribution in [0, 0.1) is 13.8 Å². The van der Waals surface area contributed by atoms with Gasteiger partial charge in [-0.2, -0.15) is 5.10 Å². The molecule has 1 aromatic rings. The van der Waals surface area contributed by atoms with E-state index in [-0.39, 0.29) is 18.6 Å². The monoisotopic (exact) mass is 275 g/mol. The fourth-order valence-corrected chi connectivity index (χ4v) is 2.65. The zero-order chi connectivity index (χ0) is 13.8. The lowest BCUT2D eigenvalue weighted by molar-refractivity contribution is -0.140. The Morgan fingerprint density at radius 1 is 1.44 bits per heavy atom. The quantitative estimate of drug-likeness (QED) is 0.745. The normalized spacial score (nSPS) is 11.3. The predicted molar refractivity (Wildman–Crippen MR) is 66.7 cm³/mol. The molecule has 0 saturated carbocycles. The summed E-state index contributed by atoms with van der Waals surface area (Å²) in [6.45, 7) is 3.43. The average molecular weight is 275 g/mol. The first-order valence-electron chi connectivity index (χ1n) is 5.44. The summed E-state index contributed by atoms with van der Waals surface area (Å²) in [7, 11) is -2.20. The number of aromatic nitrogens is 2. The van der Waals surface area contributed by atoms with Crippen LogP contribution in [-0.4, -0.2) is 37.4 Å². The maximum atomic E-state index is 11.8. The van der Waals surface area contributed by atoms with E-state index in [1.807, 2.05) is 0 Å². The Bertz CT molecular complexity index is 502. The molecule has 2 N–H and O–H groups in total. The zero-order valence-electron chi connectivity index (χ0n) is 10.6. The second-order valence-electron chi connectivity index (χ2n) is 3.91. The van der Waals surface area contributed by atoms with Crippen molar-refractivity contribution in [1.29, 1.82) is 0 Å². The summed E-state index contributed by atoms with van der Waals surface area (Å²) in [5, 5.41) is 6.59. The Kier molecular flexibility index (Phi) is 4.71. The molecular weight excluding hydrogens is 258 g/mol. The van der Waals surface area contributed by atoms with Gasteiger partial charge in [0.2, 0.25) is 10.0 Å². The van der Waals surface area contributed by atoms with Crippen molar-refractivity contribution >= 4 is 21.7 Å². The highest BCUT2D eigenvalue weighted by Gasteiger charge is 2.16. The van der Waals surface area contributed by atoms with Crippen LogP contribution in [0.25, 0.3) is 0 Å². The molecule has 8 heteroatoms. The third-order valence-corrected chi connectivity index (χ3v) is 3.75. The fraction of sp³-hybridized carbons (Fsp3) is 0.600. The van der Waals surface area contributed by atoms with Gasteiger partial charge < -0.3 is 4.74 Å². The van der Waals surface area contributed by atoms with Gasteiger partial charge in [-0.3, -0.25) is 14.6 Å². The van der Waals surface area contributed by atoms with Crippen molar-refractivity contribution in [3.8, 4) is 0 Å². The Hall–Kier alpha value is -1.57. The van der Waals surface area contributed by atoms with Gasteiger partial charge in [-0.1, -0.05) is 0 Å². The van der Waals surface area contributed by atoms with Gasteiger partial charge in [0.15, 0.2) is 0 Å². The molecule has 1 rings (SSSR count). The molecule has 0 radical (unpaired) electrons. The van der Waals surface area contributed by atoms with Gasteiger partial charge in [0.05, 0.1) is 29.9 Å². The second-order valence-corrected chi connectivity index (χ2v) is 5.75. The molecule has 7 nitrogen and oxygen atoms in total. The van der Waals surface area contributed by atoms with Crippen molar-refractivity contribution in [2.75, 3.05) is 17.6 Å². The van der Waals surface area contributed by atoms with Crippen molar-refractivity contribution < 1.29 is 17.9 Å². The van der Waals surface area contributed by atoms with Crippen LogP contribution >= 0.6 is 0 Å². The molecule has 1 aromatic heterocycles. The number of esters is 1. The molecule has 102 valence electrons. The van der Waals surface area contributed by atoms with Crippen LogP contribution < -0.4 is 4.72 Å². The topological polar surface area (TPSA) is 101 Å². The number of carbonyl (C=O) groups is 1. The Labute approximate surface area is 106 Å². The van der Waals surface area contributed by atoms with Gasteiger partial charge in [0.1, 0.15) is 0 Å². The minimum absolute atomic E-state index is 0.0841. The first-order valence-corrected chi connectivity index (χ1v) is 7.10. The number of sulfonamides is 1. The van der Waals surface area contributed by atoms with E-state index in [0.717, 1.165) is 0 Å². The number of rotatable bonds is 6. The number of carbonyl (C=O) groups excluding carboxylic acids is 1. The van der Waals surface area contributed by atoms with Gasteiger partial charge in [-0.15, -0.1) is 0 Å². The van der Waals surface area contributed by atoms with E-state index >= 15 is 0 Å². The number of nitrogens with zero attached hydrogens (tertiary/aromatic N) is 1. The van der Waals surface area contributed by atoms with E-state index in [2.05, 4.69) is 19.7 Å². The first-order chi connectivity index (χ1) is 8.35. The van der Waals surface area contributed by atoms with Crippen LogP contribution in [0.2, 0.25) is 0 Å². The Morgan fingerprint density at radius 2 is 2.11 bits per heavy atom. The van der Waals surface area contributed by atoms with Crippen LogP contribution in [0.3, 0.4) is 0 Å². The van der Waals surface area contributed by atoms with E-state index < -0.39 is 16.0 Å². The number of ether oxygens (including phenoxy) is 1. The first kappa shape index (κ1) is 14.5. The molecular formula is C10H17N3O4S. The number of H-pyrrole nitrogens is 1. The lowest BCUT2D eigenvalue weighted by Gasteiger charge is -2.07. The Balaban J connectivity index is 2.58. The van der Waals surface area contributed by atoms with E-state index in [1.54, 1.807) is 13.8 Å². The summed E-state index contributed by atoms with van der Waals surface area (Å²) in [4.78, 5) is 10.9. The van der Waals surface area contributed by atoms with Crippen LogP contribution in [-0.2, 0) is 19.6 Å². The summed E-state index contributed by atoms with van der Waals surface area (Å²) in [5.41, 5.74) is 1.71. The number of anilines is 1. The molecule has 0 spiro atoms. The second kappa shape index (κ2) is 5.85. The number of aromatic amines is 1. The van der Waals surface area contributed by atoms with E-state index in [9.17, 15) is 13.2 Å². The zero-order valence-corrected chi connectivity index (χ0v) is 11.4. The molecule has 0 atom stereocenters. The summed E-state index contributed by atoms with van der Waals surface area (Å²) in [6.07, 6.45) is 0.304. The van der Waals surface area contributed by atoms with Gasteiger partial charge >= 0.3 is 5.97 Å².